The lowest BCUT2D eigenvalue weighted by Crippen LogP contribution is -2.51. The first-order valence-electron chi connectivity index (χ1n) is 6.92. The molecule has 0 radical (unpaired) electrons. The summed E-state index contributed by atoms with van der Waals surface area (Å²) in [6.45, 7) is 2.47. The summed E-state index contributed by atoms with van der Waals surface area (Å²) in [5.74, 6) is 0.825. The number of amides is 1. The zero-order chi connectivity index (χ0) is 15.2. The molecule has 1 fully saturated rings. The van der Waals surface area contributed by atoms with Crippen molar-refractivity contribution in [3.63, 3.8) is 0 Å². The van der Waals surface area contributed by atoms with Crippen molar-refractivity contribution in [2.24, 2.45) is 0 Å². The van der Waals surface area contributed by atoms with Gasteiger partial charge in [-0.15, -0.1) is 0 Å². The Morgan fingerprint density at radius 1 is 1.48 bits per heavy atom. The summed E-state index contributed by atoms with van der Waals surface area (Å²) in [5.41, 5.74) is 1.17. The Hall–Kier alpha value is -1.53. The highest BCUT2D eigenvalue weighted by Gasteiger charge is 2.34. The molecule has 1 aliphatic heterocycles. The zero-order valence-electron chi connectivity index (χ0n) is 11.9. The third kappa shape index (κ3) is 3.77. The summed E-state index contributed by atoms with van der Waals surface area (Å²) in [7, 11) is 0. The van der Waals surface area contributed by atoms with Crippen LogP contribution in [0.25, 0.3) is 0 Å². The van der Waals surface area contributed by atoms with Gasteiger partial charge in [-0.1, -0.05) is 12.1 Å². The van der Waals surface area contributed by atoms with Gasteiger partial charge in [0.2, 0.25) is 0 Å². The zero-order valence-corrected chi connectivity index (χ0v) is 12.8. The first kappa shape index (κ1) is 15.9. The molecule has 1 heterocycles. The van der Waals surface area contributed by atoms with E-state index in [1.165, 1.54) is 0 Å². The van der Waals surface area contributed by atoms with Crippen LogP contribution < -0.4 is 0 Å². The molecule has 1 aromatic carbocycles. The minimum atomic E-state index is -0.533. The number of esters is 1. The smallest absolute Gasteiger partial charge is 0.329 e. The quantitative estimate of drug-likeness (QED) is 0.849. The van der Waals surface area contributed by atoms with E-state index in [0.29, 0.717) is 30.0 Å². The fourth-order valence-electron chi connectivity index (χ4n) is 2.25. The molecule has 1 aromatic rings. The van der Waals surface area contributed by atoms with Gasteiger partial charge in [0.15, 0.2) is 0 Å². The molecule has 1 atom stereocenters. The molecule has 1 unspecified atom stereocenters. The van der Waals surface area contributed by atoms with Crippen LogP contribution in [0.5, 0.6) is 0 Å². The highest BCUT2D eigenvalue weighted by molar-refractivity contribution is 7.99. The second kappa shape index (κ2) is 7.47. The lowest BCUT2D eigenvalue weighted by atomic mass is 10.1. The van der Waals surface area contributed by atoms with E-state index in [4.69, 9.17) is 9.84 Å². The maximum atomic E-state index is 12.6. The molecule has 0 aromatic heterocycles. The fourth-order valence-corrected chi connectivity index (χ4v) is 3.28. The third-order valence-electron chi connectivity index (χ3n) is 3.30. The highest BCUT2D eigenvalue weighted by Crippen LogP contribution is 2.20. The second-order valence-corrected chi connectivity index (χ2v) is 5.85. The van der Waals surface area contributed by atoms with Crippen LogP contribution in [0.1, 0.15) is 22.8 Å². The molecule has 0 spiro atoms. The van der Waals surface area contributed by atoms with Crippen molar-refractivity contribution in [1.82, 2.24) is 4.90 Å². The van der Waals surface area contributed by atoms with Crippen LogP contribution >= 0.6 is 11.8 Å². The summed E-state index contributed by atoms with van der Waals surface area (Å²) >= 11 is 1.65. The summed E-state index contributed by atoms with van der Waals surface area (Å²) in [6.07, 6.45) is 0. The van der Waals surface area contributed by atoms with Crippen LogP contribution in [0.4, 0.5) is 0 Å². The number of aliphatic hydroxyl groups is 1. The van der Waals surface area contributed by atoms with Crippen LogP contribution in [0.15, 0.2) is 24.3 Å². The van der Waals surface area contributed by atoms with Gasteiger partial charge in [-0.2, -0.15) is 11.8 Å². The van der Waals surface area contributed by atoms with Crippen molar-refractivity contribution in [3.05, 3.63) is 35.4 Å². The largest absolute Gasteiger partial charge is 0.464 e. The minimum absolute atomic E-state index is 0.113. The lowest BCUT2D eigenvalue weighted by Gasteiger charge is -2.33. The predicted molar refractivity (Wildman–Crippen MR) is 81.1 cm³/mol. The van der Waals surface area contributed by atoms with E-state index < -0.39 is 6.04 Å². The Balaban J connectivity index is 2.19. The molecule has 1 amide bonds. The summed E-state index contributed by atoms with van der Waals surface area (Å²) in [6, 6.07) is 6.31. The Labute approximate surface area is 128 Å². The van der Waals surface area contributed by atoms with E-state index in [2.05, 4.69) is 0 Å². The normalized spacial score (nSPS) is 18.4. The van der Waals surface area contributed by atoms with Crippen LogP contribution in [0, 0.1) is 0 Å². The van der Waals surface area contributed by atoms with Crippen molar-refractivity contribution in [2.75, 3.05) is 24.7 Å². The van der Waals surface area contributed by atoms with Gasteiger partial charge >= 0.3 is 5.97 Å². The van der Waals surface area contributed by atoms with Gasteiger partial charge in [0.1, 0.15) is 6.04 Å². The van der Waals surface area contributed by atoms with E-state index >= 15 is 0 Å². The topological polar surface area (TPSA) is 66.8 Å². The molecule has 6 heteroatoms. The molecule has 5 nitrogen and oxygen atoms in total. The number of nitrogens with zero attached hydrogens (tertiary/aromatic N) is 1. The standard InChI is InChI=1S/C15H19NO4S/c1-2-20-15(19)13-10-21-7-6-16(13)14(18)12-5-3-4-11(8-12)9-17/h3-5,8,13,17H,2,6-7,9-10H2,1H3. The highest BCUT2D eigenvalue weighted by atomic mass is 32.2. The van der Waals surface area contributed by atoms with Gasteiger partial charge < -0.3 is 14.7 Å². The molecule has 1 aliphatic rings. The maximum absolute atomic E-state index is 12.6. The average Bonchev–Trinajstić information content (AvgIpc) is 2.54. The number of aliphatic hydroxyl groups excluding tert-OH is 1. The minimum Gasteiger partial charge on any atom is -0.464 e. The summed E-state index contributed by atoms with van der Waals surface area (Å²) in [4.78, 5) is 26.2. The van der Waals surface area contributed by atoms with Gasteiger partial charge in [0.05, 0.1) is 13.2 Å². The molecular formula is C15H19NO4S. The Morgan fingerprint density at radius 3 is 3.00 bits per heavy atom. The first-order valence-corrected chi connectivity index (χ1v) is 8.08. The van der Waals surface area contributed by atoms with E-state index in [0.717, 1.165) is 5.75 Å². The lowest BCUT2D eigenvalue weighted by molar-refractivity contribution is -0.147. The molecule has 1 N–H and O–H groups in total. The monoisotopic (exact) mass is 309 g/mol. The van der Waals surface area contributed by atoms with Gasteiger partial charge in [0, 0.05) is 23.6 Å². The summed E-state index contributed by atoms with van der Waals surface area (Å²) < 4.78 is 5.06. The van der Waals surface area contributed by atoms with Crippen LogP contribution in [0.2, 0.25) is 0 Å². The SMILES string of the molecule is CCOC(=O)C1CSCCN1C(=O)c1cccc(CO)c1. The molecule has 2 rings (SSSR count). The van der Waals surface area contributed by atoms with Crippen molar-refractivity contribution < 1.29 is 19.4 Å². The van der Waals surface area contributed by atoms with Gasteiger partial charge in [0.25, 0.3) is 5.91 Å². The molecule has 114 valence electrons. The second-order valence-electron chi connectivity index (χ2n) is 4.70. The number of carbonyl (C=O) groups is 2. The number of benzene rings is 1. The average molecular weight is 309 g/mol. The maximum Gasteiger partial charge on any atom is 0.329 e. The summed E-state index contributed by atoms with van der Waals surface area (Å²) in [5, 5.41) is 9.16. The number of rotatable bonds is 4. The number of carbonyl (C=O) groups excluding carboxylic acids is 2. The van der Waals surface area contributed by atoms with Gasteiger partial charge in [-0.3, -0.25) is 4.79 Å². The van der Waals surface area contributed by atoms with Crippen molar-refractivity contribution in [1.29, 1.82) is 0 Å². The van der Waals surface area contributed by atoms with Crippen molar-refractivity contribution in [2.45, 2.75) is 19.6 Å². The number of ether oxygens (including phenoxy) is 1. The van der Waals surface area contributed by atoms with E-state index in [-0.39, 0.29) is 18.5 Å². The van der Waals surface area contributed by atoms with Crippen LogP contribution in [0.3, 0.4) is 0 Å². The molecule has 0 bridgehead atoms. The van der Waals surface area contributed by atoms with E-state index in [1.54, 1.807) is 47.9 Å². The molecule has 1 saturated heterocycles. The van der Waals surface area contributed by atoms with E-state index in [9.17, 15) is 9.59 Å². The Bertz CT molecular complexity index is 520. The van der Waals surface area contributed by atoms with Gasteiger partial charge in [-0.05, 0) is 24.6 Å². The molecule has 0 aliphatic carbocycles. The van der Waals surface area contributed by atoms with Crippen molar-refractivity contribution in [3.8, 4) is 0 Å². The first-order chi connectivity index (χ1) is 10.2. The number of hydrogen-bond acceptors (Lipinski definition) is 5. The number of thioether (sulfide) groups is 1. The van der Waals surface area contributed by atoms with E-state index in [1.807, 2.05) is 0 Å². The molecule has 0 saturated carbocycles. The number of hydrogen-bond donors (Lipinski definition) is 1. The Morgan fingerprint density at radius 2 is 2.29 bits per heavy atom. The third-order valence-corrected chi connectivity index (χ3v) is 4.33. The van der Waals surface area contributed by atoms with Crippen LogP contribution in [-0.2, 0) is 16.1 Å². The van der Waals surface area contributed by atoms with Crippen LogP contribution in [-0.4, -0.2) is 52.6 Å². The predicted octanol–water partition coefficient (Wildman–Crippen LogP) is 1.30. The fraction of sp³-hybridized carbons (Fsp3) is 0.467. The van der Waals surface area contributed by atoms with Crippen molar-refractivity contribution >= 4 is 23.6 Å². The molecular weight excluding hydrogens is 290 g/mol. The van der Waals surface area contributed by atoms with Gasteiger partial charge in [-0.25, -0.2) is 4.79 Å². The Kier molecular flexibility index (Phi) is 5.64. The molecule has 21 heavy (non-hydrogen) atoms.